The van der Waals surface area contributed by atoms with Gasteiger partial charge in [0.2, 0.25) is 6.41 Å². The van der Waals surface area contributed by atoms with E-state index in [4.69, 9.17) is 9.90 Å². The fourth-order valence-corrected chi connectivity index (χ4v) is 5.16. The van der Waals surface area contributed by atoms with Crippen molar-refractivity contribution in [1.29, 1.82) is 0 Å². The monoisotopic (exact) mass is 775 g/mol. The van der Waals surface area contributed by atoms with E-state index in [1.54, 1.807) is 16.8 Å². The van der Waals surface area contributed by atoms with Gasteiger partial charge in [-0.1, -0.05) is 85.9 Å². The summed E-state index contributed by atoms with van der Waals surface area (Å²) in [6.45, 7) is 21.3. The molecule has 1 aliphatic rings. The Kier molecular flexibility index (Phi) is 24.7. The number of rotatable bonds is 19. The number of allylic oxidation sites excluding steroid dienone is 12. The Balaban J connectivity index is 0.00000103. The number of hydrogen-bond acceptors (Lipinski definition) is 6. The predicted octanol–water partition coefficient (Wildman–Crippen LogP) is 9.23. The molecule has 1 unspecified atom stereocenters. The molecule has 1 N–H and O–H groups in total. The second-order valence-corrected chi connectivity index (χ2v) is 13.6. The SMILES string of the molecule is C=C(/C=C\C(=C/C)CC1=CCC=C(CN(C=O)C(C)CCN(C)C)CC1)C(F)(F)F.C=C(F)CC=CC(=C)CCc1nc(=O)c(CC)nn1C(C)C.O=CO. The fourth-order valence-electron chi connectivity index (χ4n) is 5.16. The topological polar surface area (TPSA) is 109 Å². The second kappa shape index (κ2) is 27.0. The van der Waals surface area contributed by atoms with Gasteiger partial charge in [-0.05, 0) is 98.9 Å². The number of carboxylic acid groups (broad SMARTS) is 1. The van der Waals surface area contributed by atoms with Crippen molar-refractivity contribution in [2.24, 2.45) is 0 Å². The molecular weight excluding hydrogens is 714 g/mol. The summed E-state index contributed by atoms with van der Waals surface area (Å²) in [5.74, 6) is 0.278. The van der Waals surface area contributed by atoms with Gasteiger partial charge in [-0.2, -0.15) is 23.3 Å². The summed E-state index contributed by atoms with van der Waals surface area (Å²) in [7, 11) is 4.04. The Morgan fingerprint density at radius 1 is 1.05 bits per heavy atom. The van der Waals surface area contributed by atoms with Crippen molar-refractivity contribution in [3.8, 4) is 0 Å². The van der Waals surface area contributed by atoms with E-state index in [2.05, 4.69) is 53.8 Å². The normalized spacial score (nSPS) is 13.9. The summed E-state index contributed by atoms with van der Waals surface area (Å²) >= 11 is 0. The first-order valence-corrected chi connectivity index (χ1v) is 18.4. The minimum atomic E-state index is -4.40. The van der Waals surface area contributed by atoms with Gasteiger partial charge in [0.1, 0.15) is 11.5 Å². The molecule has 0 bridgehead atoms. The molecule has 0 saturated carbocycles. The van der Waals surface area contributed by atoms with Crippen LogP contribution in [0.5, 0.6) is 0 Å². The Bertz CT molecular complexity index is 1620. The van der Waals surface area contributed by atoms with Crippen molar-refractivity contribution in [2.75, 3.05) is 27.2 Å². The van der Waals surface area contributed by atoms with Crippen LogP contribution in [0.2, 0.25) is 0 Å². The van der Waals surface area contributed by atoms with Crippen molar-refractivity contribution in [3.63, 3.8) is 0 Å². The zero-order valence-electron chi connectivity index (χ0n) is 33.7. The molecule has 1 aliphatic carbocycles. The Morgan fingerprint density at radius 2 is 1.67 bits per heavy atom. The van der Waals surface area contributed by atoms with Crippen LogP contribution in [-0.4, -0.2) is 82.0 Å². The molecule has 13 heteroatoms. The van der Waals surface area contributed by atoms with Crippen LogP contribution in [0.3, 0.4) is 0 Å². The summed E-state index contributed by atoms with van der Waals surface area (Å²) in [5, 5.41) is 11.3. The van der Waals surface area contributed by atoms with Crippen molar-refractivity contribution in [1.82, 2.24) is 24.6 Å². The molecule has 9 nitrogen and oxygen atoms in total. The molecule has 2 rings (SSSR count). The maximum absolute atomic E-state index is 12.6. The average molecular weight is 776 g/mol. The minimum Gasteiger partial charge on any atom is -0.483 e. The Labute approximate surface area is 324 Å². The molecule has 0 fully saturated rings. The first kappa shape index (κ1) is 50.4. The number of hydrogen-bond donors (Lipinski definition) is 1. The van der Waals surface area contributed by atoms with Gasteiger partial charge < -0.3 is 14.9 Å². The van der Waals surface area contributed by atoms with E-state index < -0.39 is 11.7 Å². The van der Waals surface area contributed by atoms with E-state index in [0.29, 0.717) is 43.7 Å². The zero-order valence-corrected chi connectivity index (χ0v) is 33.7. The lowest BCUT2D eigenvalue weighted by Gasteiger charge is -2.27. The molecule has 306 valence electrons. The number of aryl methyl sites for hydroxylation is 2. The molecule has 0 aromatic carbocycles. The van der Waals surface area contributed by atoms with Crippen LogP contribution in [0, 0.1) is 0 Å². The lowest BCUT2D eigenvalue weighted by molar-refractivity contribution is -0.123. The average Bonchev–Trinajstić information content (AvgIpc) is 3.34. The van der Waals surface area contributed by atoms with Gasteiger partial charge in [0, 0.05) is 37.0 Å². The molecular formula is C42H61F4N5O4. The highest BCUT2D eigenvalue weighted by Crippen LogP contribution is 2.28. The number of alkyl halides is 3. The highest BCUT2D eigenvalue weighted by atomic mass is 19.4. The van der Waals surface area contributed by atoms with E-state index in [1.165, 1.54) is 17.2 Å². The number of aromatic nitrogens is 3. The van der Waals surface area contributed by atoms with Crippen molar-refractivity contribution in [3.05, 3.63) is 118 Å². The van der Waals surface area contributed by atoms with Crippen LogP contribution < -0.4 is 5.56 Å². The third-order valence-corrected chi connectivity index (χ3v) is 8.48. The maximum atomic E-state index is 12.6. The lowest BCUT2D eigenvalue weighted by Crippen LogP contribution is -2.35. The van der Waals surface area contributed by atoms with Gasteiger partial charge in [0.05, 0.1) is 5.83 Å². The quantitative estimate of drug-likeness (QED) is 0.0646. The number of amides is 1. The van der Waals surface area contributed by atoms with Crippen molar-refractivity contribution < 1.29 is 32.3 Å². The molecule has 1 atom stereocenters. The van der Waals surface area contributed by atoms with E-state index >= 15 is 0 Å². The largest absolute Gasteiger partial charge is 0.483 e. The first-order chi connectivity index (χ1) is 25.8. The zero-order chi connectivity index (χ0) is 42.1. The van der Waals surface area contributed by atoms with Gasteiger partial charge in [-0.3, -0.25) is 14.4 Å². The summed E-state index contributed by atoms with van der Waals surface area (Å²) < 4.78 is 52.2. The number of carbonyl (C=O) groups excluding carboxylic acids is 1. The Hall–Kier alpha value is -4.65. The highest BCUT2D eigenvalue weighted by molar-refractivity contribution is 5.48. The van der Waals surface area contributed by atoms with E-state index in [9.17, 15) is 27.2 Å². The molecule has 0 spiro atoms. The van der Waals surface area contributed by atoms with Gasteiger partial charge in [-0.25, -0.2) is 9.07 Å². The smallest absolute Gasteiger partial charge is 0.415 e. The molecule has 1 aromatic rings. The standard InChI is InChI=1S/C24H35F3N2O.C17H24FN3O.CH2O2/c1-6-21(11-10-19(2)24(25,26)27)16-22-8-7-9-23(13-12-22)17-29(18-30)20(3)14-15-28(4)5;1-6-15-17(22)19-16(21(20-15)12(2)3)11-10-13(4)8-7-9-14(5)18;2-1-3/h6,8-11,18,20H,2,7,12-17H2,1,3-5H3;7-8,12H,4-6,9-11H2,1-3H3;1H,(H,2,3)/b11-10-,21-6+;;. The third kappa shape index (κ3) is 21.7. The molecule has 0 saturated heterocycles. The summed E-state index contributed by atoms with van der Waals surface area (Å²) in [6.07, 6.45) is 14.7. The predicted molar refractivity (Wildman–Crippen MR) is 214 cm³/mol. The summed E-state index contributed by atoms with van der Waals surface area (Å²) in [4.78, 5) is 39.9. The Morgan fingerprint density at radius 3 is 2.20 bits per heavy atom. The van der Waals surface area contributed by atoms with Crippen LogP contribution in [0.15, 0.2) is 101 Å². The third-order valence-electron chi connectivity index (χ3n) is 8.48. The lowest BCUT2D eigenvalue weighted by atomic mass is 9.98. The second-order valence-electron chi connectivity index (χ2n) is 13.6. The van der Waals surface area contributed by atoms with E-state index in [1.807, 2.05) is 52.8 Å². The van der Waals surface area contributed by atoms with Crippen LogP contribution in [0.25, 0.3) is 0 Å². The van der Waals surface area contributed by atoms with Crippen LogP contribution in [-0.2, 0) is 22.4 Å². The van der Waals surface area contributed by atoms with Gasteiger partial charge in [0.25, 0.3) is 12.0 Å². The molecule has 0 aliphatic heterocycles. The first-order valence-electron chi connectivity index (χ1n) is 18.4. The van der Waals surface area contributed by atoms with Gasteiger partial charge in [0.15, 0.2) is 0 Å². The molecule has 1 aromatic heterocycles. The van der Waals surface area contributed by atoms with Gasteiger partial charge >= 0.3 is 6.18 Å². The van der Waals surface area contributed by atoms with Crippen molar-refractivity contribution in [2.45, 2.75) is 111 Å². The van der Waals surface area contributed by atoms with Gasteiger partial charge in [-0.15, -0.1) is 0 Å². The van der Waals surface area contributed by atoms with Crippen molar-refractivity contribution >= 4 is 12.9 Å². The molecule has 0 radical (unpaired) electrons. The van der Waals surface area contributed by atoms with Crippen LogP contribution in [0.4, 0.5) is 17.6 Å². The summed E-state index contributed by atoms with van der Waals surface area (Å²) in [6, 6.07) is 0.301. The molecule has 1 heterocycles. The van der Waals surface area contributed by atoms with Crippen LogP contribution >= 0.6 is 0 Å². The highest BCUT2D eigenvalue weighted by Gasteiger charge is 2.29. The number of carbonyl (C=O) groups is 2. The minimum absolute atomic E-state index is 0.132. The number of nitrogens with zero attached hydrogens (tertiary/aromatic N) is 5. The summed E-state index contributed by atoms with van der Waals surface area (Å²) in [5.41, 5.74) is 3.50. The molecule has 55 heavy (non-hydrogen) atoms. The molecule has 1 amide bonds. The van der Waals surface area contributed by atoms with E-state index in [-0.39, 0.29) is 36.4 Å². The van der Waals surface area contributed by atoms with Crippen LogP contribution in [0.1, 0.15) is 97.1 Å². The number of halogens is 4. The van der Waals surface area contributed by atoms with E-state index in [0.717, 1.165) is 55.9 Å². The fraction of sp³-hybridized carbons (Fsp3) is 0.500. The maximum Gasteiger partial charge on any atom is 0.415 e.